The zero-order chi connectivity index (χ0) is 106. The molecule has 20 rings (SSSR count). The van der Waals surface area contributed by atoms with Gasteiger partial charge in [-0.3, -0.25) is 35.7 Å². The monoisotopic (exact) mass is 2240 g/mol. The lowest BCUT2D eigenvalue weighted by Crippen LogP contribution is -2.11. The van der Waals surface area contributed by atoms with Crippen LogP contribution in [0.5, 0.6) is 0 Å². The molecular formula is C95H104N28O12S13. The smallest absolute Gasteiger partial charge is 0.268 e. The molecule has 0 spiro atoms. The predicted octanol–water partition coefficient (Wildman–Crippen LogP) is 16.3. The van der Waals surface area contributed by atoms with Gasteiger partial charge in [0.1, 0.15) is 123 Å². The summed E-state index contributed by atoms with van der Waals surface area (Å²) in [5.74, 6) is 6.23. The summed E-state index contributed by atoms with van der Waals surface area (Å²) in [6.07, 6.45) is 17.4. The molecule has 0 fully saturated rings. The van der Waals surface area contributed by atoms with Crippen LogP contribution in [0.3, 0.4) is 0 Å². The van der Waals surface area contributed by atoms with Crippen LogP contribution in [-0.2, 0) is 108 Å². The lowest BCUT2D eigenvalue weighted by molar-refractivity contribution is 0.0991. The number of aryl methyl sites for hydroxylation is 4. The maximum atomic E-state index is 12.9. The van der Waals surface area contributed by atoms with E-state index in [9.17, 15) is 30.6 Å². The number of fused-ring (bicyclic) bond motifs is 5. The summed E-state index contributed by atoms with van der Waals surface area (Å²) in [4.78, 5) is 85.9. The first kappa shape index (κ1) is 108. The van der Waals surface area contributed by atoms with E-state index in [1.165, 1.54) is 85.6 Å². The number of imidazole rings is 5. The van der Waals surface area contributed by atoms with Gasteiger partial charge in [0.05, 0.1) is 215 Å². The second kappa shape index (κ2) is 47.1. The average molecular weight is 2250 g/mol. The number of aromatic amines is 1. The van der Waals surface area contributed by atoms with Crippen molar-refractivity contribution in [3.8, 4) is 111 Å². The van der Waals surface area contributed by atoms with Crippen LogP contribution in [0.25, 0.3) is 162 Å². The number of methoxy groups -OCH3 is 4. The minimum Gasteiger partial charge on any atom is -0.396 e. The molecule has 20 aromatic heterocycles. The van der Waals surface area contributed by atoms with Gasteiger partial charge in [-0.05, 0) is 70.5 Å². The summed E-state index contributed by atoms with van der Waals surface area (Å²) in [6, 6.07) is 13.3. The fourth-order valence-corrected chi connectivity index (χ4v) is 30.8. The van der Waals surface area contributed by atoms with Crippen molar-refractivity contribution in [2.24, 2.45) is 46.7 Å². The summed E-state index contributed by atoms with van der Waals surface area (Å²) in [5.41, 5.74) is 58.7. The van der Waals surface area contributed by atoms with Crippen LogP contribution in [0.4, 0.5) is 28.4 Å². The number of amides is 2. The van der Waals surface area contributed by atoms with E-state index in [0.717, 1.165) is 161 Å². The molecule has 40 nitrogen and oxygen atoms in total. The highest BCUT2D eigenvalue weighted by molar-refractivity contribution is 7.89. The number of hydrogen-bond acceptors (Lipinski definition) is 40. The van der Waals surface area contributed by atoms with Crippen molar-refractivity contribution in [1.82, 2.24) is 103 Å². The highest BCUT2D eigenvalue weighted by atomic mass is 32.2. The second-order valence-corrected chi connectivity index (χ2v) is 50.1. The van der Waals surface area contributed by atoms with Crippen LogP contribution in [0.1, 0.15) is 88.8 Å². The van der Waals surface area contributed by atoms with Crippen molar-refractivity contribution in [1.29, 1.82) is 0 Å². The van der Waals surface area contributed by atoms with Crippen molar-refractivity contribution in [2.45, 2.75) is 88.3 Å². The number of hydrogen-bond donors (Lipinski definition) is 8. The molecule has 20 heterocycles. The maximum Gasteiger partial charge on any atom is 0.268 e. The summed E-state index contributed by atoms with van der Waals surface area (Å²) in [7, 11) is 9.79. The number of pyridine rings is 5. The Balaban J connectivity index is 0.000000132. The van der Waals surface area contributed by atoms with Crippen LogP contribution >= 0.6 is 90.7 Å². The van der Waals surface area contributed by atoms with Crippen molar-refractivity contribution >= 4 is 236 Å². The number of anilines is 5. The number of carbonyl (C=O) groups is 2. The molecule has 0 aliphatic heterocycles. The minimum atomic E-state index is -1.31. The molecule has 0 aliphatic carbocycles. The molecule has 5 unspecified atom stereocenters. The number of rotatable bonds is 33. The van der Waals surface area contributed by atoms with Gasteiger partial charge in [0.2, 0.25) is 0 Å². The third kappa shape index (κ3) is 22.4. The molecular weight excluding hydrogens is 2140 g/mol. The first-order chi connectivity index (χ1) is 71.1. The molecule has 0 bridgehead atoms. The fourth-order valence-electron chi connectivity index (χ4n) is 15.7. The number of aromatic nitrogens is 21. The lowest BCUT2D eigenvalue weighted by Gasteiger charge is -2.11. The maximum absolute atomic E-state index is 12.9. The number of nitrogens with two attached hydrogens (primary N) is 7. The molecule has 53 heteroatoms. The Labute approximate surface area is 892 Å². The number of primary amides is 2. The highest BCUT2D eigenvalue weighted by Gasteiger charge is 2.32. The van der Waals surface area contributed by atoms with Crippen LogP contribution in [0.2, 0.25) is 0 Å². The number of carbonyl (C=O) groups excluding carboxylic acids is 2. The minimum absolute atomic E-state index is 0.187. The molecule has 0 radical (unpaired) electrons. The normalized spacial score (nSPS) is 12.6. The van der Waals surface area contributed by atoms with Gasteiger partial charge in [-0.15, -0.1) is 90.7 Å². The second-order valence-electron chi connectivity index (χ2n) is 33.5. The van der Waals surface area contributed by atoms with Gasteiger partial charge < -0.3 is 86.4 Å². The fraction of sp³-hybridized carbons (Fsp3) is 0.295. The quantitative estimate of drug-likeness (QED) is 0.0189. The van der Waals surface area contributed by atoms with E-state index in [4.69, 9.17) is 88.5 Å². The topological polar surface area (TPSA) is 585 Å². The first-order valence-electron chi connectivity index (χ1n) is 45.4. The van der Waals surface area contributed by atoms with Gasteiger partial charge in [-0.2, -0.15) is 5.10 Å². The molecule has 20 aromatic rings. The third-order valence-electron chi connectivity index (χ3n) is 23.8. The van der Waals surface area contributed by atoms with Crippen molar-refractivity contribution in [3.05, 3.63) is 149 Å². The lowest BCUT2D eigenvalue weighted by atomic mass is 10.1. The zero-order valence-corrected chi connectivity index (χ0v) is 93.6. The zero-order valence-electron chi connectivity index (χ0n) is 82.9. The Morgan fingerprint density at radius 2 is 0.777 bits per heavy atom. The van der Waals surface area contributed by atoms with Gasteiger partial charge in [0, 0.05) is 159 Å². The molecule has 774 valence electrons. The Hall–Kier alpha value is -12.6. The van der Waals surface area contributed by atoms with E-state index >= 15 is 0 Å². The number of nitrogens with zero attached hydrogens (tertiary/aromatic N) is 20. The van der Waals surface area contributed by atoms with Gasteiger partial charge in [-0.25, -0.2) is 64.8 Å². The Morgan fingerprint density at radius 3 is 1.09 bits per heavy atom. The summed E-state index contributed by atoms with van der Waals surface area (Å²) in [5, 5.41) is 20.1. The summed E-state index contributed by atoms with van der Waals surface area (Å²) >= 11 is 10.7. The van der Waals surface area contributed by atoms with Crippen molar-refractivity contribution < 1.29 is 54.1 Å². The molecule has 5 atom stereocenters. The van der Waals surface area contributed by atoms with E-state index in [0.29, 0.717) is 159 Å². The SMILES string of the molecule is CCCCS(=O)c1sc2nc(-c3nccs3)cc(-c3cnc(C(C)C)n3C)c2c1N.COCCS(=O)c1sc2nc(-c3ccn[nH]3)cc(-c3cnc(C)n3C)c2c1N.COCCS(=O)c1sc2nc(-c3ccno3)cc(-c3cnc(C)n3C)c2c1N.COCCS(=O)c1sc2nc(-c3nc(C(N)=O)cs3)cc(-c3cnc(C)n3C)c2c1N.COCCS(=O)c1sc2nc(-c3ncc(C(N)=O)s3)cc(-c3cnc(C)n3C)c2c1N. The molecule has 0 saturated carbocycles. The van der Waals surface area contributed by atoms with Gasteiger partial charge in [0.15, 0.2) is 5.76 Å². The molecule has 0 aromatic carbocycles. The Morgan fingerprint density at radius 1 is 0.412 bits per heavy atom. The Bertz CT molecular complexity index is 8030. The van der Waals surface area contributed by atoms with Crippen molar-refractivity contribution in [3.63, 3.8) is 0 Å². The van der Waals surface area contributed by atoms with Crippen LogP contribution in [0.15, 0.2) is 135 Å². The number of nitrogen functional groups attached to an aromatic ring is 5. The highest BCUT2D eigenvalue weighted by Crippen LogP contribution is 2.50. The Kier molecular flexibility index (Phi) is 34.4. The van der Waals surface area contributed by atoms with Crippen LogP contribution in [0, 0.1) is 27.7 Å². The first-order valence-corrected chi connectivity index (χ1v) is 58.6. The van der Waals surface area contributed by atoms with E-state index < -0.39 is 65.8 Å². The summed E-state index contributed by atoms with van der Waals surface area (Å²) < 4.78 is 103. The van der Waals surface area contributed by atoms with E-state index in [1.807, 2.05) is 135 Å². The standard InChI is InChI=1S/C21H25N5OS3.2C19H20N6O3S3.C18H20N6O2S2.C18H19N5O3S2/c1-5-6-9-30(27)21-17(22)16-13(15-11-24-18(12(2)3)26(15)4)10-14(25-20(16)29-21)19-23-7-8-28-19;1-9-22-7-13(25(9)2)10-6-11(17-24-12(8-29-17)16(21)26)23-18-14(10)15(20)19(30-18)31(27)5-4-28-3;1-9-22-7-12(25(9)2)10-6-11(17-23-8-13(29-17)16(21)26)24-18-14(10)15(20)19(30-18)31(27)5-4-28-3;1-10-20-9-14(24(10)2)11-8-13(12-4-5-21-23-12)22-17-15(11)16(19)18(27-17)28(25)7-6-26-3;1-10-20-9-13(23(10)2)11-8-12(14-4-5-21-26-14)22-17-15(11)16(19)18(27-17)28(24)7-6-25-3/h7-8,10-12H,5-6,9,22H2,1-4H3;2*6-8H,4-5,20H2,1-3H3,(H2,21,26);4-5,8-9H,6-7,19H2,1-3H3,(H,21,23);4-5,8-9H,6-7,19H2,1-3H3. The van der Waals surface area contributed by atoms with Crippen LogP contribution < -0.4 is 40.1 Å². The number of unbranched alkanes of at least 4 members (excludes halogenated alkanes) is 1. The molecule has 148 heavy (non-hydrogen) atoms. The molecule has 2 amide bonds. The van der Waals surface area contributed by atoms with E-state index in [2.05, 4.69) is 80.6 Å². The molecule has 0 saturated heterocycles. The number of nitrogens with one attached hydrogen (secondary N) is 1. The number of thiophene rings is 5. The molecule has 15 N–H and O–H groups in total. The largest absolute Gasteiger partial charge is 0.396 e. The van der Waals surface area contributed by atoms with Gasteiger partial charge >= 0.3 is 0 Å². The third-order valence-corrected chi connectivity index (χ3v) is 41.0. The number of thiazole rings is 3. The molecule has 0 aliphatic rings. The predicted molar refractivity (Wildman–Crippen MR) is 596 cm³/mol. The van der Waals surface area contributed by atoms with Crippen LogP contribution in [-0.4, -0.2) is 219 Å². The average Bonchev–Trinajstić information content (AvgIpc) is 1.61. The van der Waals surface area contributed by atoms with Gasteiger partial charge in [0.25, 0.3) is 11.8 Å². The number of ether oxygens (including phenoxy) is 4. The number of H-pyrrole nitrogens is 1. The van der Waals surface area contributed by atoms with Crippen molar-refractivity contribution in [2.75, 3.05) is 112 Å². The van der Waals surface area contributed by atoms with Gasteiger partial charge in [-0.1, -0.05) is 32.3 Å². The summed E-state index contributed by atoms with van der Waals surface area (Å²) in [6.45, 7) is 15.6. The van der Waals surface area contributed by atoms with E-state index in [1.54, 1.807) is 88.4 Å². The van der Waals surface area contributed by atoms with E-state index in [-0.39, 0.29) is 5.69 Å².